The molecule has 2 aromatic carbocycles. The normalized spacial score (nSPS) is 17.1. The second-order valence-corrected chi connectivity index (χ2v) is 7.20. The van der Waals surface area contributed by atoms with Gasteiger partial charge in [-0.25, -0.2) is 9.78 Å². The Morgan fingerprint density at radius 1 is 1.15 bits per heavy atom. The molecule has 1 atom stereocenters. The van der Waals surface area contributed by atoms with Gasteiger partial charge in [-0.2, -0.15) is 0 Å². The van der Waals surface area contributed by atoms with Crippen LogP contribution < -0.4 is 16.0 Å². The molecule has 1 aromatic heterocycles. The molecular formula is C19H16N4O3S. The molecule has 0 spiro atoms. The monoisotopic (exact) mass is 380 g/mol. The third kappa shape index (κ3) is 3.80. The molecule has 3 aromatic rings. The highest BCUT2D eigenvalue weighted by Crippen LogP contribution is 2.31. The summed E-state index contributed by atoms with van der Waals surface area (Å²) >= 11 is 1.58. The van der Waals surface area contributed by atoms with Crippen LogP contribution in [0.4, 0.5) is 10.5 Å². The molecule has 27 heavy (non-hydrogen) atoms. The topological polar surface area (TPSA) is 100 Å². The Morgan fingerprint density at radius 3 is 2.85 bits per heavy atom. The van der Waals surface area contributed by atoms with E-state index in [4.69, 9.17) is 0 Å². The van der Waals surface area contributed by atoms with Crippen molar-refractivity contribution in [1.29, 1.82) is 0 Å². The van der Waals surface area contributed by atoms with Crippen molar-refractivity contribution in [2.45, 2.75) is 18.9 Å². The van der Waals surface area contributed by atoms with Crippen LogP contribution in [0.1, 0.15) is 12.8 Å². The molecule has 1 aliphatic rings. The Balaban J connectivity index is 1.53. The van der Waals surface area contributed by atoms with Crippen molar-refractivity contribution < 1.29 is 14.4 Å². The number of aromatic nitrogens is 1. The van der Waals surface area contributed by atoms with E-state index in [1.165, 1.54) is 0 Å². The highest BCUT2D eigenvalue weighted by molar-refractivity contribution is 7.21. The average Bonchev–Trinajstić information content (AvgIpc) is 3.01. The van der Waals surface area contributed by atoms with Crippen LogP contribution in [-0.4, -0.2) is 28.9 Å². The van der Waals surface area contributed by atoms with Gasteiger partial charge in [-0.05, 0) is 30.7 Å². The maximum absolute atomic E-state index is 12.5. The van der Waals surface area contributed by atoms with Gasteiger partial charge >= 0.3 is 6.03 Å². The van der Waals surface area contributed by atoms with Gasteiger partial charge < -0.3 is 10.6 Å². The summed E-state index contributed by atoms with van der Waals surface area (Å²) in [4.78, 5) is 40.1. The highest BCUT2D eigenvalue weighted by Gasteiger charge is 2.26. The van der Waals surface area contributed by atoms with Crippen LogP contribution >= 0.6 is 11.3 Å². The summed E-state index contributed by atoms with van der Waals surface area (Å²) in [6, 6.07) is 13.9. The van der Waals surface area contributed by atoms with Crippen molar-refractivity contribution >= 4 is 45.1 Å². The number of fused-ring (bicyclic) bond motifs is 1. The summed E-state index contributed by atoms with van der Waals surface area (Å²) < 4.78 is 1.10. The summed E-state index contributed by atoms with van der Waals surface area (Å²) in [7, 11) is 0. The summed E-state index contributed by atoms with van der Waals surface area (Å²) in [5.74, 6) is -0.748. The van der Waals surface area contributed by atoms with Crippen molar-refractivity contribution in [3.05, 3.63) is 48.5 Å². The number of imide groups is 1. The molecule has 3 N–H and O–H groups in total. The highest BCUT2D eigenvalue weighted by atomic mass is 32.1. The maximum Gasteiger partial charge on any atom is 0.322 e. The lowest BCUT2D eigenvalue weighted by atomic mass is 10.1. The summed E-state index contributed by atoms with van der Waals surface area (Å²) in [5, 5.41) is 8.33. The second kappa shape index (κ2) is 7.16. The molecule has 1 saturated heterocycles. The number of carbonyl (C=O) groups excluding carboxylic acids is 3. The summed E-state index contributed by atoms with van der Waals surface area (Å²) in [6.45, 7) is 0. The van der Waals surface area contributed by atoms with E-state index in [0.717, 1.165) is 20.8 Å². The lowest BCUT2D eigenvalue weighted by Crippen LogP contribution is -2.46. The zero-order valence-corrected chi connectivity index (χ0v) is 15.0. The Kier molecular flexibility index (Phi) is 4.55. The third-order valence-corrected chi connectivity index (χ3v) is 5.29. The van der Waals surface area contributed by atoms with E-state index in [1.807, 2.05) is 42.5 Å². The van der Waals surface area contributed by atoms with Crippen LogP contribution in [-0.2, 0) is 9.59 Å². The van der Waals surface area contributed by atoms with Gasteiger partial charge in [-0.15, -0.1) is 11.3 Å². The van der Waals surface area contributed by atoms with E-state index >= 15 is 0 Å². The fraction of sp³-hybridized carbons (Fsp3) is 0.158. The number of carbonyl (C=O) groups is 3. The van der Waals surface area contributed by atoms with Crippen LogP contribution in [0.5, 0.6) is 0 Å². The van der Waals surface area contributed by atoms with Gasteiger partial charge in [0.25, 0.3) is 0 Å². The number of thiazole rings is 1. The van der Waals surface area contributed by atoms with Gasteiger partial charge in [-0.1, -0.05) is 24.3 Å². The van der Waals surface area contributed by atoms with Crippen LogP contribution in [0, 0.1) is 0 Å². The standard InChI is InChI=1S/C19H16N4O3S/c24-16-9-8-14(22-19(26)23-16)17(25)20-12-5-3-4-11(10-12)18-21-13-6-1-2-7-15(13)27-18/h1-7,10,14H,8-9H2,(H,20,25)(H2,22,23,24,26). The molecule has 136 valence electrons. The summed E-state index contributed by atoms with van der Waals surface area (Å²) in [5.41, 5.74) is 2.44. The van der Waals surface area contributed by atoms with Gasteiger partial charge in [0.1, 0.15) is 11.0 Å². The molecule has 7 nitrogen and oxygen atoms in total. The molecule has 1 unspecified atom stereocenters. The van der Waals surface area contributed by atoms with Crippen molar-refractivity contribution in [3.8, 4) is 10.6 Å². The Bertz CT molecular complexity index is 1010. The fourth-order valence-electron chi connectivity index (χ4n) is 2.88. The van der Waals surface area contributed by atoms with Gasteiger partial charge in [0.15, 0.2) is 0 Å². The zero-order chi connectivity index (χ0) is 18.8. The van der Waals surface area contributed by atoms with Crippen molar-refractivity contribution in [3.63, 3.8) is 0 Å². The first-order valence-electron chi connectivity index (χ1n) is 8.46. The van der Waals surface area contributed by atoms with E-state index in [2.05, 4.69) is 20.9 Å². The van der Waals surface area contributed by atoms with Crippen molar-refractivity contribution in [1.82, 2.24) is 15.6 Å². The third-order valence-electron chi connectivity index (χ3n) is 4.21. The number of amides is 4. The molecule has 2 heterocycles. The Hall–Kier alpha value is -3.26. The molecule has 8 heteroatoms. The molecule has 1 fully saturated rings. The minimum atomic E-state index is -0.762. The first kappa shape index (κ1) is 17.2. The maximum atomic E-state index is 12.5. The second-order valence-electron chi connectivity index (χ2n) is 6.17. The average molecular weight is 380 g/mol. The minimum Gasteiger partial charge on any atom is -0.326 e. The van der Waals surface area contributed by atoms with E-state index in [9.17, 15) is 14.4 Å². The number of anilines is 1. The molecule has 0 radical (unpaired) electrons. The van der Waals surface area contributed by atoms with Crippen LogP contribution in [0.2, 0.25) is 0 Å². The Labute approximate surface area is 158 Å². The number of hydrogen-bond acceptors (Lipinski definition) is 5. The number of nitrogens with one attached hydrogen (secondary N) is 3. The molecule has 0 aliphatic carbocycles. The van der Waals surface area contributed by atoms with Crippen LogP contribution in [0.15, 0.2) is 48.5 Å². The number of rotatable bonds is 3. The Morgan fingerprint density at radius 2 is 2.00 bits per heavy atom. The molecule has 4 amide bonds. The molecule has 0 saturated carbocycles. The lowest BCUT2D eigenvalue weighted by Gasteiger charge is -2.15. The van der Waals surface area contributed by atoms with E-state index in [-0.39, 0.29) is 24.7 Å². The fourth-order valence-corrected chi connectivity index (χ4v) is 3.84. The molecule has 1 aliphatic heterocycles. The van der Waals surface area contributed by atoms with Crippen LogP contribution in [0.25, 0.3) is 20.8 Å². The zero-order valence-electron chi connectivity index (χ0n) is 14.2. The smallest absolute Gasteiger partial charge is 0.322 e. The number of para-hydroxylation sites is 1. The van der Waals surface area contributed by atoms with Gasteiger partial charge in [0.2, 0.25) is 11.8 Å². The van der Waals surface area contributed by atoms with E-state index in [0.29, 0.717) is 5.69 Å². The number of nitrogens with zero attached hydrogens (tertiary/aromatic N) is 1. The quantitative estimate of drug-likeness (QED) is 0.650. The largest absolute Gasteiger partial charge is 0.326 e. The minimum absolute atomic E-state index is 0.114. The van der Waals surface area contributed by atoms with Crippen LogP contribution in [0.3, 0.4) is 0 Å². The predicted molar refractivity (Wildman–Crippen MR) is 103 cm³/mol. The SMILES string of the molecule is O=C1CCC(C(=O)Nc2cccc(-c3nc4ccccc4s3)c2)NC(=O)N1. The number of benzene rings is 2. The van der Waals surface area contributed by atoms with Gasteiger partial charge in [0.05, 0.1) is 10.2 Å². The number of hydrogen-bond donors (Lipinski definition) is 3. The predicted octanol–water partition coefficient (Wildman–Crippen LogP) is 2.89. The molecule has 0 bridgehead atoms. The van der Waals surface area contributed by atoms with Gasteiger partial charge in [0, 0.05) is 17.7 Å². The summed E-state index contributed by atoms with van der Waals surface area (Å²) in [6.07, 6.45) is 0.365. The first-order valence-corrected chi connectivity index (χ1v) is 9.27. The van der Waals surface area contributed by atoms with Crippen molar-refractivity contribution in [2.24, 2.45) is 0 Å². The first-order chi connectivity index (χ1) is 13.1. The van der Waals surface area contributed by atoms with E-state index < -0.39 is 12.1 Å². The van der Waals surface area contributed by atoms with Gasteiger partial charge in [-0.3, -0.25) is 14.9 Å². The van der Waals surface area contributed by atoms with Crippen molar-refractivity contribution in [2.75, 3.05) is 5.32 Å². The molecule has 4 rings (SSSR count). The lowest BCUT2D eigenvalue weighted by molar-refractivity contribution is -0.120. The number of urea groups is 1. The van der Waals surface area contributed by atoms with E-state index in [1.54, 1.807) is 17.4 Å². The molecular weight excluding hydrogens is 364 g/mol.